The van der Waals surface area contributed by atoms with Crippen LogP contribution in [-0.4, -0.2) is 34.9 Å². The van der Waals surface area contributed by atoms with Crippen LogP contribution in [0.3, 0.4) is 0 Å². The molecule has 0 amide bonds. The zero-order valence-electron chi connectivity index (χ0n) is 4.42. The van der Waals surface area contributed by atoms with Gasteiger partial charge in [0, 0.05) is 13.1 Å². The van der Waals surface area contributed by atoms with Gasteiger partial charge < -0.3 is 15.3 Å². The smallest absolute Gasteiger partial charge is 0.170 e. The molecular formula is C4H8N2OS. The summed E-state index contributed by atoms with van der Waals surface area (Å²) in [6, 6.07) is 0. The van der Waals surface area contributed by atoms with Crippen LogP contribution in [0.2, 0.25) is 0 Å². The van der Waals surface area contributed by atoms with Crippen molar-refractivity contribution in [3.8, 4) is 0 Å². The summed E-state index contributed by atoms with van der Waals surface area (Å²) < 4.78 is 0. The summed E-state index contributed by atoms with van der Waals surface area (Å²) >= 11 is 4.79. The Morgan fingerprint density at radius 3 is 2.88 bits per heavy atom. The van der Waals surface area contributed by atoms with Crippen LogP contribution in [-0.2, 0) is 0 Å². The number of rotatable bonds is 1. The van der Waals surface area contributed by atoms with E-state index in [1.807, 2.05) is 0 Å². The molecule has 1 aliphatic rings. The Labute approximate surface area is 53.3 Å². The lowest BCUT2D eigenvalue weighted by molar-refractivity contribution is 0.183. The summed E-state index contributed by atoms with van der Waals surface area (Å²) in [6.07, 6.45) is 0. The van der Waals surface area contributed by atoms with Crippen LogP contribution < -0.4 is 5.32 Å². The van der Waals surface area contributed by atoms with Crippen LogP contribution in [0.15, 0.2) is 0 Å². The number of thiocarbonyl (C=S) groups is 1. The lowest BCUT2D eigenvalue weighted by Crippen LogP contribution is -2.28. The van der Waals surface area contributed by atoms with Crippen molar-refractivity contribution in [2.75, 3.05) is 19.8 Å². The molecule has 0 atom stereocenters. The van der Waals surface area contributed by atoms with E-state index >= 15 is 0 Å². The fourth-order valence-electron chi connectivity index (χ4n) is 0.646. The first kappa shape index (κ1) is 5.78. The first-order valence-corrected chi connectivity index (χ1v) is 2.89. The molecule has 1 heterocycles. The highest BCUT2D eigenvalue weighted by molar-refractivity contribution is 7.80. The standard InChI is InChI=1S/C4H8N2OS/c7-3-6-2-1-5-4(6)8/h7H,1-3H2,(H,5,8). The van der Waals surface area contributed by atoms with Crippen molar-refractivity contribution in [1.29, 1.82) is 0 Å². The van der Waals surface area contributed by atoms with Gasteiger partial charge in [0.25, 0.3) is 0 Å². The number of hydrogen-bond acceptors (Lipinski definition) is 2. The Balaban J connectivity index is 2.42. The minimum absolute atomic E-state index is 0.0336. The molecule has 1 aliphatic heterocycles. The average molecular weight is 132 g/mol. The van der Waals surface area contributed by atoms with E-state index in [1.165, 1.54) is 0 Å². The van der Waals surface area contributed by atoms with Crippen LogP contribution in [0.1, 0.15) is 0 Å². The molecule has 0 saturated carbocycles. The first-order chi connectivity index (χ1) is 3.84. The van der Waals surface area contributed by atoms with Crippen LogP contribution in [0.5, 0.6) is 0 Å². The molecule has 0 bridgehead atoms. The molecule has 3 nitrogen and oxygen atoms in total. The van der Waals surface area contributed by atoms with Crippen LogP contribution in [0, 0.1) is 0 Å². The SMILES string of the molecule is OCN1CCNC1=S. The van der Waals surface area contributed by atoms with Crippen molar-refractivity contribution >= 4 is 17.3 Å². The number of nitrogens with zero attached hydrogens (tertiary/aromatic N) is 1. The Hall–Kier alpha value is -0.350. The van der Waals surface area contributed by atoms with E-state index < -0.39 is 0 Å². The zero-order chi connectivity index (χ0) is 5.98. The maximum absolute atomic E-state index is 8.53. The quantitative estimate of drug-likeness (QED) is 0.454. The van der Waals surface area contributed by atoms with Crippen LogP contribution >= 0.6 is 12.2 Å². The number of hydrogen-bond donors (Lipinski definition) is 2. The van der Waals surface area contributed by atoms with Crippen molar-refractivity contribution in [2.45, 2.75) is 0 Å². The summed E-state index contributed by atoms with van der Waals surface area (Å²) in [5, 5.41) is 12.1. The van der Waals surface area contributed by atoms with Gasteiger partial charge >= 0.3 is 0 Å². The van der Waals surface area contributed by atoms with Gasteiger partial charge in [0.2, 0.25) is 0 Å². The van der Waals surface area contributed by atoms with E-state index in [2.05, 4.69) is 5.32 Å². The number of nitrogens with one attached hydrogen (secondary N) is 1. The molecule has 1 fully saturated rings. The van der Waals surface area contributed by atoms with Crippen molar-refractivity contribution < 1.29 is 5.11 Å². The summed E-state index contributed by atoms with van der Waals surface area (Å²) in [6.45, 7) is 1.72. The predicted octanol–water partition coefficient (Wildman–Crippen LogP) is -0.874. The van der Waals surface area contributed by atoms with Gasteiger partial charge in [-0.1, -0.05) is 0 Å². The Bertz CT molecular complexity index is 106. The molecule has 0 aromatic heterocycles. The van der Waals surface area contributed by atoms with Gasteiger partial charge in [0.15, 0.2) is 5.11 Å². The highest BCUT2D eigenvalue weighted by Crippen LogP contribution is 1.92. The third kappa shape index (κ3) is 0.900. The van der Waals surface area contributed by atoms with Crippen LogP contribution in [0.4, 0.5) is 0 Å². The molecule has 1 saturated heterocycles. The van der Waals surface area contributed by atoms with E-state index in [-0.39, 0.29) is 6.73 Å². The largest absolute Gasteiger partial charge is 0.376 e. The van der Waals surface area contributed by atoms with E-state index in [4.69, 9.17) is 17.3 Å². The molecule has 1 rings (SSSR count). The Morgan fingerprint density at radius 1 is 1.88 bits per heavy atom. The van der Waals surface area contributed by atoms with Gasteiger partial charge in [-0.2, -0.15) is 0 Å². The average Bonchev–Trinajstić information content (AvgIpc) is 2.14. The molecule has 0 radical (unpaired) electrons. The van der Waals surface area contributed by atoms with Gasteiger partial charge in [-0.25, -0.2) is 0 Å². The molecule has 0 aromatic carbocycles. The molecule has 0 aliphatic carbocycles. The summed E-state index contributed by atoms with van der Waals surface area (Å²) in [4.78, 5) is 1.70. The lowest BCUT2D eigenvalue weighted by atomic mass is 10.6. The Morgan fingerprint density at radius 2 is 2.62 bits per heavy atom. The van der Waals surface area contributed by atoms with E-state index in [0.717, 1.165) is 13.1 Å². The summed E-state index contributed by atoms with van der Waals surface area (Å²) in [5.74, 6) is 0. The minimum Gasteiger partial charge on any atom is -0.376 e. The second kappa shape index (κ2) is 2.28. The summed E-state index contributed by atoms with van der Waals surface area (Å²) in [7, 11) is 0. The second-order valence-electron chi connectivity index (χ2n) is 1.64. The topological polar surface area (TPSA) is 35.5 Å². The molecular weight excluding hydrogens is 124 g/mol. The molecule has 0 unspecified atom stereocenters. The zero-order valence-corrected chi connectivity index (χ0v) is 5.24. The van der Waals surface area contributed by atoms with Gasteiger partial charge in [0.05, 0.1) is 0 Å². The second-order valence-corrected chi connectivity index (χ2v) is 2.02. The predicted molar refractivity (Wildman–Crippen MR) is 34.4 cm³/mol. The molecule has 0 spiro atoms. The van der Waals surface area contributed by atoms with E-state index in [9.17, 15) is 0 Å². The minimum atomic E-state index is 0.0336. The monoisotopic (exact) mass is 132 g/mol. The van der Waals surface area contributed by atoms with Crippen molar-refractivity contribution in [1.82, 2.24) is 10.2 Å². The number of aliphatic hydroxyl groups excluding tert-OH is 1. The van der Waals surface area contributed by atoms with Gasteiger partial charge in [-0.15, -0.1) is 0 Å². The maximum Gasteiger partial charge on any atom is 0.170 e. The summed E-state index contributed by atoms with van der Waals surface area (Å²) in [5.41, 5.74) is 0. The highest BCUT2D eigenvalue weighted by Gasteiger charge is 2.12. The lowest BCUT2D eigenvalue weighted by Gasteiger charge is -2.10. The Kier molecular flexibility index (Phi) is 1.65. The fourth-order valence-corrected chi connectivity index (χ4v) is 0.897. The van der Waals surface area contributed by atoms with E-state index in [0.29, 0.717) is 5.11 Å². The highest BCUT2D eigenvalue weighted by atomic mass is 32.1. The van der Waals surface area contributed by atoms with Crippen LogP contribution in [0.25, 0.3) is 0 Å². The normalized spacial score (nSPS) is 19.1. The maximum atomic E-state index is 8.53. The van der Waals surface area contributed by atoms with E-state index in [1.54, 1.807) is 4.90 Å². The molecule has 0 aromatic rings. The third-order valence-electron chi connectivity index (χ3n) is 1.12. The van der Waals surface area contributed by atoms with Crippen molar-refractivity contribution in [2.24, 2.45) is 0 Å². The van der Waals surface area contributed by atoms with Crippen molar-refractivity contribution in [3.05, 3.63) is 0 Å². The molecule has 46 valence electrons. The molecule has 4 heteroatoms. The molecule has 8 heavy (non-hydrogen) atoms. The van der Waals surface area contributed by atoms with Gasteiger partial charge in [0.1, 0.15) is 6.73 Å². The first-order valence-electron chi connectivity index (χ1n) is 2.48. The van der Waals surface area contributed by atoms with Gasteiger partial charge in [-0.05, 0) is 12.2 Å². The fraction of sp³-hybridized carbons (Fsp3) is 0.750. The molecule has 2 N–H and O–H groups in total. The third-order valence-corrected chi connectivity index (χ3v) is 1.52. The number of aliphatic hydroxyl groups is 1. The van der Waals surface area contributed by atoms with Gasteiger partial charge in [-0.3, -0.25) is 0 Å². The van der Waals surface area contributed by atoms with Crippen molar-refractivity contribution in [3.63, 3.8) is 0 Å².